The maximum atomic E-state index is 9.11. The summed E-state index contributed by atoms with van der Waals surface area (Å²) in [5.74, 6) is 1.46. The summed E-state index contributed by atoms with van der Waals surface area (Å²) in [4.78, 5) is 0. The van der Waals surface area contributed by atoms with Gasteiger partial charge in [-0.05, 0) is 6.54 Å². The van der Waals surface area contributed by atoms with Gasteiger partial charge in [0.25, 0.3) is 0 Å². The van der Waals surface area contributed by atoms with Crippen molar-refractivity contribution in [1.82, 2.24) is 5.32 Å². The number of aliphatic hydroxyl groups is 2. The van der Waals surface area contributed by atoms with Crippen molar-refractivity contribution in [2.75, 3.05) is 38.4 Å². The van der Waals surface area contributed by atoms with Gasteiger partial charge in [0.15, 0.2) is 0 Å². The first-order valence-electron chi connectivity index (χ1n) is 4.83. The number of rotatable bonds is 9. The van der Waals surface area contributed by atoms with Crippen LogP contribution in [0, 0.1) is 0 Å². The van der Waals surface area contributed by atoms with Crippen LogP contribution in [0.4, 0.5) is 0 Å². The van der Waals surface area contributed by atoms with Crippen LogP contribution in [-0.2, 0) is 4.74 Å². The van der Waals surface area contributed by atoms with E-state index in [1.54, 1.807) is 18.9 Å². The molecule has 0 fully saturated rings. The van der Waals surface area contributed by atoms with E-state index in [9.17, 15) is 0 Å². The zero-order valence-corrected chi connectivity index (χ0v) is 9.72. The summed E-state index contributed by atoms with van der Waals surface area (Å²) < 4.78 is 5.05. The third-order valence-corrected chi connectivity index (χ3v) is 2.96. The van der Waals surface area contributed by atoms with Gasteiger partial charge < -0.3 is 20.3 Å². The zero-order valence-electron chi connectivity index (χ0n) is 8.90. The summed E-state index contributed by atoms with van der Waals surface area (Å²) in [6.45, 7) is 3.48. The van der Waals surface area contributed by atoms with Gasteiger partial charge in [0.05, 0.1) is 19.3 Å². The van der Waals surface area contributed by atoms with Crippen molar-refractivity contribution in [3.63, 3.8) is 0 Å². The normalized spacial score (nSPS) is 15.4. The van der Waals surface area contributed by atoms with E-state index in [0.29, 0.717) is 18.4 Å². The molecule has 2 unspecified atom stereocenters. The summed E-state index contributed by atoms with van der Waals surface area (Å²) in [5, 5.41) is 21.0. The van der Waals surface area contributed by atoms with Crippen LogP contribution in [0.25, 0.3) is 0 Å². The van der Waals surface area contributed by atoms with Gasteiger partial charge in [0.2, 0.25) is 0 Å². The Morgan fingerprint density at radius 3 is 2.64 bits per heavy atom. The van der Waals surface area contributed by atoms with E-state index >= 15 is 0 Å². The van der Waals surface area contributed by atoms with Crippen molar-refractivity contribution in [2.24, 2.45) is 0 Å². The second kappa shape index (κ2) is 9.73. The molecule has 0 spiro atoms. The SMILES string of the molecule is CCNC(COC)CSCC(O)CO. The second-order valence-corrected chi connectivity index (χ2v) is 4.16. The fourth-order valence-corrected chi connectivity index (χ4v) is 2.07. The summed E-state index contributed by atoms with van der Waals surface area (Å²) in [7, 11) is 1.68. The highest BCUT2D eigenvalue weighted by Crippen LogP contribution is 2.05. The van der Waals surface area contributed by atoms with Crippen molar-refractivity contribution in [3.8, 4) is 0 Å². The first-order valence-corrected chi connectivity index (χ1v) is 5.99. The molecule has 0 bridgehead atoms. The van der Waals surface area contributed by atoms with Gasteiger partial charge in [0, 0.05) is 24.7 Å². The van der Waals surface area contributed by atoms with Gasteiger partial charge >= 0.3 is 0 Å². The molecule has 0 saturated heterocycles. The fraction of sp³-hybridized carbons (Fsp3) is 1.00. The topological polar surface area (TPSA) is 61.7 Å². The lowest BCUT2D eigenvalue weighted by atomic mass is 10.3. The molecular weight excluding hydrogens is 202 g/mol. The Hall–Kier alpha value is 0.190. The Morgan fingerprint density at radius 1 is 1.43 bits per heavy atom. The average Bonchev–Trinajstić information content (AvgIpc) is 2.18. The smallest absolute Gasteiger partial charge is 0.0861 e. The van der Waals surface area contributed by atoms with Crippen LogP contribution in [0.2, 0.25) is 0 Å². The third kappa shape index (κ3) is 7.58. The molecule has 0 rings (SSSR count). The first kappa shape index (κ1) is 14.2. The quantitative estimate of drug-likeness (QED) is 0.501. The molecule has 14 heavy (non-hydrogen) atoms. The highest BCUT2D eigenvalue weighted by Gasteiger charge is 2.08. The maximum absolute atomic E-state index is 9.11. The van der Waals surface area contributed by atoms with E-state index in [2.05, 4.69) is 12.2 Å². The molecular formula is C9H21NO3S. The highest BCUT2D eigenvalue weighted by molar-refractivity contribution is 7.99. The number of aliphatic hydroxyl groups excluding tert-OH is 2. The lowest BCUT2D eigenvalue weighted by Crippen LogP contribution is -2.35. The van der Waals surface area contributed by atoms with Gasteiger partial charge in [-0.1, -0.05) is 6.92 Å². The third-order valence-electron chi connectivity index (χ3n) is 1.70. The largest absolute Gasteiger partial charge is 0.394 e. The summed E-state index contributed by atoms with van der Waals surface area (Å²) in [5.41, 5.74) is 0. The van der Waals surface area contributed by atoms with Crippen LogP contribution in [0.1, 0.15) is 6.92 Å². The van der Waals surface area contributed by atoms with E-state index in [1.165, 1.54) is 0 Å². The summed E-state index contributed by atoms with van der Waals surface area (Å²) in [6.07, 6.45) is -0.607. The summed E-state index contributed by atoms with van der Waals surface area (Å²) in [6, 6.07) is 0.320. The maximum Gasteiger partial charge on any atom is 0.0861 e. The lowest BCUT2D eigenvalue weighted by Gasteiger charge is -2.17. The van der Waals surface area contributed by atoms with Crippen LogP contribution in [0.15, 0.2) is 0 Å². The van der Waals surface area contributed by atoms with Crippen molar-refractivity contribution < 1.29 is 14.9 Å². The second-order valence-electron chi connectivity index (χ2n) is 3.08. The van der Waals surface area contributed by atoms with Gasteiger partial charge in [-0.15, -0.1) is 0 Å². The van der Waals surface area contributed by atoms with Gasteiger partial charge in [-0.3, -0.25) is 0 Å². The molecule has 0 aromatic rings. The van der Waals surface area contributed by atoms with Crippen LogP contribution >= 0.6 is 11.8 Å². The van der Waals surface area contributed by atoms with Crippen molar-refractivity contribution in [2.45, 2.75) is 19.1 Å². The predicted octanol–water partition coefficient (Wildman–Crippen LogP) is -0.303. The van der Waals surface area contributed by atoms with Gasteiger partial charge in [-0.25, -0.2) is 0 Å². The minimum Gasteiger partial charge on any atom is -0.394 e. The molecule has 0 aliphatic heterocycles. The highest BCUT2D eigenvalue weighted by atomic mass is 32.2. The molecule has 3 N–H and O–H groups in total. The number of likely N-dealkylation sites (N-methyl/N-ethyl adjacent to an activating group) is 1. The molecule has 0 heterocycles. The monoisotopic (exact) mass is 223 g/mol. The Balaban J connectivity index is 3.49. The van der Waals surface area contributed by atoms with Crippen LogP contribution in [0.3, 0.4) is 0 Å². The van der Waals surface area contributed by atoms with E-state index in [1.807, 2.05) is 0 Å². The molecule has 0 saturated carbocycles. The molecule has 2 atom stereocenters. The number of ether oxygens (including phenoxy) is 1. The molecule has 4 nitrogen and oxygen atoms in total. The molecule has 0 aliphatic rings. The molecule has 0 amide bonds. The van der Waals surface area contributed by atoms with Crippen LogP contribution in [-0.4, -0.2) is 60.7 Å². The van der Waals surface area contributed by atoms with Crippen LogP contribution < -0.4 is 5.32 Å². The Bertz CT molecular complexity index is 121. The number of thioether (sulfide) groups is 1. The molecule has 0 aliphatic carbocycles. The molecule has 86 valence electrons. The van der Waals surface area contributed by atoms with Gasteiger partial charge in [0.1, 0.15) is 0 Å². The van der Waals surface area contributed by atoms with Crippen molar-refractivity contribution >= 4 is 11.8 Å². The number of hydrogen-bond acceptors (Lipinski definition) is 5. The van der Waals surface area contributed by atoms with E-state index in [-0.39, 0.29) is 6.61 Å². The average molecular weight is 223 g/mol. The number of hydrogen-bond donors (Lipinski definition) is 3. The van der Waals surface area contributed by atoms with Gasteiger partial charge in [-0.2, -0.15) is 11.8 Å². The predicted molar refractivity (Wildman–Crippen MR) is 59.8 cm³/mol. The molecule has 5 heteroatoms. The Kier molecular flexibility index (Phi) is 9.87. The first-order chi connectivity index (χ1) is 6.74. The van der Waals surface area contributed by atoms with E-state index in [4.69, 9.17) is 14.9 Å². The fourth-order valence-electron chi connectivity index (χ4n) is 1.05. The summed E-state index contributed by atoms with van der Waals surface area (Å²) >= 11 is 1.62. The molecule has 0 aromatic heterocycles. The molecule has 0 radical (unpaired) electrons. The van der Waals surface area contributed by atoms with E-state index < -0.39 is 6.10 Å². The van der Waals surface area contributed by atoms with Crippen molar-refractivity contribution in [3.05, 3.63) is 0 Å². The lowest BCUT2D eigenvalue weighted by molar-refractivity contribution is 0.113. The Morgan fingerprint density at radius 2 is 2.14 bits per heavy atom. The standard InChI is InChI=1S/C9H21NO3S/c1-3-10-8(5-13-2)6-14-7-9(12)4-11/h8-12H,3-7H2,1-2H3. The van der Waals surface area contributed by atoms with E-state index in [0.717, 1.165) is 12.3 Å². The molecule has 0 aromatic carbocycles. The minimum atomic E-state index is -0.607. The zero-order chi connectivity index (χ0) is 10.8. The number of nitrogens with one attached hydrogen (secondary N) is 1. The minimum absolute atomic E-state index is 0.164. The van der Waals surface area contributed by atoms with Crippen LogP contribution in [0.5, 0.6) is 0 Å². The van der Waals surface area contributed by atoms with Crippen molar-refractivity contribution in [1.29, 1.82) is 0 Å². The number of methoxy groups -OCH3 is 1. The Labute approximate surface area is 90.0 Å².